The molecular formula is C88H101BN4O4. The molecule has 0 aliphatic carbocycles. The fourth-order valence-corrected chi connectivity index (χ4v) is 12.8. The Labute approximate surface area is 578 Å². The molecule has 12 rings (SSSR count). The molecule has 0 amide bonds. The second kappa shape index (κ2) is 24.8. The smallest absolute Gasteiger partial charge is 0.489 e. The topological polar surface area (TPSA) is 94.3 Å². The van der Waals surface area contributed by atoms with Crippen LogP contribution in [0.4, 0.5) is 0 Å². The molecule has 8 nitrogen and oxygen atoms in total. The van der Waals surface area contributed by atoms with Crippen LogP contribution in [0.3, 0.4) is 0 Å². The highest BCUT2D eigenvalue weighted by Crippen LogP contribution is 2.45. The van der Waals surface area contributed by atoms with Gasteiger partial charge in [-0.05, 0) is 205 Å². The van der Waals surface area contributed by atoms with Gasteiger partial charge in [0, 0.05) is 44.3 Å². The fourth-order valence-electron chi connectivity index (χ4n) is 12.8. The van der Waals surface area contributed by atoms with Crippen LogP contribution in [0, 0.1) is 0 Å². The Bertz CT molecular complexity index is 4540. The summed E-state index contributed by atoms with van der Waals surface area (Å²) in [4.78, 5) is 19.8. The largest absolute Gasteiger partial charge is 0.494 e. The summed E-state index contributed by atoms with van der Waals surface area (Å²) in [5, 5.41) is 0. The van der Waals surface area contributed by atoms with Crippen LogP contribution in [0.25, 0.3) is 90.9 Å². The minimum Gasteiger partial charge on any atom is -0.489 e. The summed E-state index contributed by atoms with van der Waals surface area (Å²) in [5.41, 5.74) is 24.9. The number of ether oxygens (including phenoxy) is 2. The van der Waals surface area contributed by atoms with Crippen LogP contribution in [0.1, 0.15) is 220 Å². The van der Waals surface area contributed by atoms with E-state index >= 15 is 0 Å². The molecule has 6 aromatic carbocycles. The molecule has 1 fully saturated rings. The number of benzene rings is 6. The molecule has 0 radical (unpaired) electrons. The van der Waals surface area contributed by atoms with Crippen LogP contribution in [0.5, 0.6) is 11.5 Å². The summed E-state index contributed by atoms with van der Waals surface area (Å²) in [6.07, 6.45) is 8.88. The highest BCUT2D eigenvalue weighted by atomic mass is 16.7. The first-order chi connectivity index (χ1) is 45.3. The van der Waals surface area contributed by atoms with E-state index in [2.05, 4.69) is 314 Å². The third-order valence-corrected chi connectivity index (χ3v) is 20.0. The average molecular weight is 1290 g/mol. The molecule has 97 heavy (non-hydrogen) atoms. The Balaban J connectivity index is 1.01. The van der Waals surface area contributed by atoms with Gasteiger partial charge in [-0.25, -0.2) is 9.97 Å². The fraction of sp³-hybridized carbons (Fsp3) is 0.364. The first kappa shape index (κ1) is 68.4. The minimum absolute atomic E-state index is 0.119. The van der Waals surface area contributed by atoms with Gasteiger partial charge in [0.1, 0.15) is 24.7 Å². The number of rotatable bonds is 11. The first-order valence-electron chi connectivity index (χ1n) is 34.8. The number of aromatic nitrogens is 4. The maximum absolute atomic E-state index is 6.56. The normalized spacial score (nSPS) is 15.0. The van der Waals surface area contributed by atoms with Gasteiger partial charge in [-0.2, -0.15) is 0 Å². The number of nitrogens with one attached hydrogen (secondary N) is 2. The van der Waals surface area contributed by atoms with Crippen LogP contribution in [0.15, 0.2) is 152 Å². The van der Waals surface area contributed by atoms with Gasteiger partial charge in [-0.3, -0.25) is 0 Å². The van der Waals surface area contributed by atoms with Crippen molar-refractivity contribution in [3.05, 3.63) is 219 Å². The third-order valence-electron chi connectivity index (χ3n) is 20.0. The maximum Gasteiger partial charge on any atom is 0.494 e. The molecule has 3 aliphatic heterocycles. The second-order valence-electron chi connectivity index (χ2n) is 34.5. The van der Waals surface area contributed by atoms with E-state index in [1.807, 2.05) is 24.3 Å². The Morgan fingerprint density at radius 2 is 0.588 bits per heavy atom. The van der Waals surface area contributed by atoms with E-state index in [0.29, 0.717) is 13.2 Å². The predicted molar refractivity (Wildman–Crippen MR) is 410 cm³/mol. The highest BCUT2D eigenvalue weighted by molar-refractivity contribution is 6.62. The van der Waals surface area contributed by atoms with E-state index in [1.165, 1.54) is 33.4 Å². The van der Waals surface area contributed by atoms with Gasteiger partial charge in [0.25, 0.3) is 0 Å². The number of hydrogen-bond donors (Lipinski definition) is 2. The van der Waals surface area contributed by atoms with Crippen LogP contribution in [-0.2, 0) is 55.0 Å². The highest BCUT2D eigenvalue weighted by Gasteiger charge is 2.51. The lowest BCUT2D eigenvalue weighted by atomic mass is 9.78. The lowest BCUT2D eigenvalue weighted by Gasteiger charge is -2.32. The van der Waals surface area contributed by atoms with E-state index in [4.69, 9.17) is 28.8 Å². The van der Waals surface area contributed by atoms with Crippen LogP contribution >= 0.6 is 0 Å². The van der Waals surface area contributed by atoms with Crippen molar-refractivity contribution in [3.8, 4) is 56.0 Å². The van der Waals surface area contributed by atoms with Crippen molar-refractivity contribution < 1.29 is 18.8 Å². The summed E-state index contributed by atoms with van der Waals surface area (Å²) in [6, 6.07) is 55.5. The summed E-state index contributed by atoms with van der Waals surface area (Å²) in [6.45, 7) is 50.7. The van der Waals surface area contributed by atoms with Gasteiger partial charge < -0.3 is 28.8 Å². The van der Waals surface area contributed by atoms with Gasteiger partial charge in [0.15, 0.2) is 0 Å². The molecule has 3 aromatic heterocycles. The molecule has 500 valence electrons. The molecule has 0 spiro atoms. The van der Waals surface area contributed by atoms with Crippen molar-refractivity contribution in [1.29, 1.82) is 0 Å². The predicted octanol–water partition coefficient (Wildman–Crippen LogP) is 22.6. The summed E-state index contributed by atoms with van der Waals surface area (Å²) >= 11 is 0. The summed E-state index contributed by atoms with van der Waals surface area (Å²) in [7, 11) is -0.415. The van der Waals surface area contributed by atoms with Crippen molar-refractivity contribution >= 4 is 59.0 Å². The second-order valence-corrected chi connectivity index (χ2v) is 34.5. The summed E-state index contributed by atoms with van der Waals surface area (Å²) in [5.74, 6) is 1.55. The van der Waals surface area contributed by atoms with Crippen molar-refractivity contribution in [2.24, 2.45) is 0 Å². The molecule has 0 unspecified atom stereocenters. The van der Waals surface area contributed by atoms with Crippen molar-refractivity contribution in [1.82, 2.24) is 19.9 Å². The van der Waals surface area contributed by atoms with Crippen molar-refractivity contribution in [3.63, 3.8) is 0 Å². The zero-order chi connectivity index (χ0) is 69.7. The number of aromatic amines is 2. The Morgan fingerprint density at radius 3 is 0.856 bits per heavy atom. The zero-order valence-corrected chi connectivity index (χ0v) is 61.8. The summed E-state index contributed by atoms with van der Waals surface area (Å²) < 4.78 is 25.3. The molecule has 0 saturated carbocycles. The van der Waals surface area contributed by atoms with E-state index in [1.54, 1.807) is 0 Å². The maximum atomic E-state index is 6.56. The van der Waals surface area contributed by atoms with E-state index in [-0.39, 0.29) is 32.5 Å². The quantitative estimate of drug-likeness (QED) is 0.125. The van der Waals surface area contributed by atoms with Crippen molar-refractivity contribution in [2.75, 3.05) is 0 Å². The van der Waals surface area contributed by atoms with E-state index in [9.17, 15) is 0 Å². The lowest BCUT2D eigenvalue weighted by Crippen LogP contribution is -2.41. The number of H-pyrrole nitrogens is 2. The minimum atomic E-state index is -0.415. The SMILES string of the molecule is CC(C)(C)c1cc(-c2c3nc(c(-c4cc(C(C)(C)C)cc(C(C)(C)C)c4)c4ccc([nH]4)c(-c4cc(C(C)(C)C)cc(C(C)(C)C)c4)c4nc(c(-c5ccc(OCc6ccc(COc7ccc(B8OC(C)(C)C(C)(C)O8)cc7)cc6)cc5)c5ccc2[nH]5)C=C4)C=C3)cc(C(C)(C)C)c1. The Morgan fingerprint density at radius 1 is 0.330 bits per heavy atom. The molecular weight excluding hydrogens is 1190 g/mol. The van der Waals surface area contributed by atoms with Gasteiger partial charge in [0.2, 0.25) is 0 Å². The molecule has 9 aromatic rings. The molecule has 2 N–H and O–H groups in total. The van der Waals surface area contributed by atoms with Gasteiger partial charge in [-0.15, -0.1) is 0 Å². The standard InChI is InChI=1S/C88H101BN4O4/c1-81(2,3)60-43-57(44-61(49-60)82(4,5)6)78-71-37-35-69(90-71)77(56-27-31-67(32-28-56)94-52-54-23-25-55(26-24-54)53-95-68-33-29-66(30-34-68)89-96-87(19,20)88(21,22)97-89)70-36-38-72(91-70)79(58-45-62(83(7,8)9)50-63(46-58)84(10,11)12)74-40-42-76(93-74)80(75-41-39-73(78)92-75)59-47-64(85(13,14)15)51-65(48-59)86(16,17)18/h23-51,90,93H,52-53H2,1-22H3. The molecule has 0 atom stereocenters. The molecule has 3 aliphatic rings. The average Bonchev–Trinajstić information content (AvgIpc) is 1.62. The Hall–Kier alpha value is -8.50. The lowest BCUT2D eigenvalue weighted by molar-refractivity contribution is 0.00578. The monoisotopic (exact) mass is 1290 g/mol. The molecule has 9 heteroatoms. The van der Waals surface area contributed by atoms with Crippen LogP contribution in [0.2, 0.25) is 0 Å². The molecule has 6 heterocycles. The zero-order valence-electron chi connectivity index (χ0n) is 61.8. The van der Waals surface area contributed by atoms with Crippen LogP contribution in [-0.4, -0.2) is 38.3 Å². The van der Waals surface area contributed by atoms with E-state index in [0.717, 1.165) is 117 Å². The van der Waals surface area contributed by atoms with E-state index < -0.39 is 18.3 Å². The number of fused-ring (bicyclic) bond motifs is 8. The molecule has 1 saturated heterocycles. The number of nitrogens with zero attached hydrogens (tertiary/aromatic N) is 2. The molecule has 8 bridgehead atoms. The number of hydrogen-bond acceptors (Lipinski definition) is 6. The third kappa shape index (κ3) is 14.4. The van der Waals surface area contributed by atoms with Gasteiger partial charge in [0.05, 0.1) is 34.0 Å². The first-order valence-corrected chi connectivity index (χ1v) is 34.8. The van der Waals surface area contributed by atoms with Gasteiger partial charge in [-0.1, -0.05) is 228 Å². The van der Waals surface area contributed by atoms with Gasteiger partial charge >= 0.3 is 7.12 Å². The van der Waals surface area contributed by atoms with Crippen molar-refractivity contribution in [2.45, 2.75) is 209 Å². The Kier molecular flexibility index (Phi) is 17.5. The van der Waals surface area contributed by atoms with Crippen LogP contribution < -0.4 is 14.9 Å².